The molecule has 0 aliphatic rings. The Balaban J connectivity index is 2.14. The summed E-state index contributed by atoms with van der Waals surface area (Å²) in [6.07, 6.45) is 0.590. The fourth-order valence-corrected chi connectivity index (χ4v) is 2.46. The number of aromatic carboxylic acids is 1. The van der Waals surface area contributed by atoms with Crippen molar-refractivity contribution >= 4 is 5.97 Å². The third-order valence-corrected chi connectivity index (χ3v) is 3.72. The van der Waals surface area contributed by atoms with E-state index in [0.29, 0.717) is 18.4 Å². The summed E-state index contributed by atoms with van der Waals surface area (Å²) in [7, 11) is 0. The van der Waals surface area contributed by atoms with Crippen molar-refractivity contribution in [3.05, 3.63) is 35.1 Å². The number of aryl methyl sites for hydroxylation is 1. The number of rotatable bonds is 10. The molecule has 0 fully saturated rings. The normalized spacial score (nSPS) is 11.7. The molecule has 0 radical (unpaired) electrons. The lowest BCUT2D eigenvalue weighted by Gasteiger charge is -2.07. The molecule has 0 amide bonds. The van der Waals surface area contributed by atoms with Gasteiger partial charge in [-0.2, -0.15) is 13.2 Å². The zero-order valence-electron chi connectivity index (χ0n) is 13.0. The minimum Gasteiger partial charge on any atom is -0.478 e. The molecule has 0 aromatic heterocycles. The van der Waals surface area contributed by atoms with Gasteiger partial charge in [-0.1, -0.05) is 44.2 Å². The van der Waals surface area contributed by atoms with Crippen LogP contribution in [-0.2, 0) is 6.42 Å². The maximum atomic E-state index is 13.9. The summed E-state index contributed by atoms with van der Waals surface area (Å²) in [4.78, 5) is 10.8. The van der Waals surface area contributed by atoms with Crippen molar-refractivity contribution < 1.29 is 27.5 Å². The first-order chi connectivity index (χ1) is 10.8. The van der Waals surface area contributed by atoms with Gasteiger partial charge in [0.05, 0.1) is 5.56 Å². The van der Waals surface area contributed by atoms with E-state index in [-0.39, 0.29) is 12.0 Å². The molecule has 0 heterocycles. The molecule has 0 unspecified atom stereocenters. The van der Waals surface area contributed by atoms with Crippen molar-refractivity contribution in [2.75, 3.05) is 0 Å². The SMILES string of the molecule is O=C(O)c1cccc(CCCCCCCCCC(F)(F)F)c1F. The molecule has 0 bridgehead atoms. The molecule has 23 heavy (non-hydrogen) atoms. The molecule has 0 aliphatic heterocycles. The van der Waals surface area contributed by atoms with E-state index in [9.17, 15) is 22.4 Å². The van der Waals surface area contributed by atoms with Gasteiger partial charge in [0.2, 0.25) is 0 Å². The number of unbranched alkanes of at least 4 members (excludes halogenated alkanes) is 6. The monoisotopic (exact) mass is 334 g/mol. The van der Waals surface area contributed by atoms with Crippen LogP contribution in [0, 0.1) is 5.82 Å². The Morgan fingerprint density at radius 2 is 1.52 bits per heavy atom. The molecule has 1 aromatic rings. The molecule has 0 saturated carbocycles. The summed E-state index contributed by atoms with van der Waals surface area (Å²) in [5, 5.41) is 8.84. The molecular weight excluding hydrogens is 312 g/mol. The predicted octanol–water partition coefficient (Wildman–Crippen LogP) is 5.75. The smallest absolute Gasteiger partial charge is 0.389 e. The third-order valence-electron chi connectivity index (χ3n) is 3.72. The van der Waals surface area contributed by atoms with Gasteiger partial charge in [-0.15, -0.1) is 0 Å². The molecule has 6 heteroatoms. The molecule has 1 rings (SSSR count). The molecule has 0 spiro atoms. The molecular formula is C17H22F4O2. The zero-order chi connectivity index (χ0) is 17.3. The quantitative estimate of drug-likeness (QED) is 0.437. The number of carboxylic acid groups (broad SMARTS) is 1. The van der Waals surface area contributed by atoms with Crippen LogP contribution < -0.4 is 0 Å². The van der Waals surface area contributed by atoms with E-state index in [1.165, 1.54) is 12.1 Å². The topological polar surface area (TPSA) is 37.3 Å². The van der Waals surface area contributed by atoms with Crippen LogP contribution in [0.5, 0.6) is 0 Å². The van der Waals surface area contributed by atoms with E-state index < -0.39 is 24.4 Å². The van der Waals surface area contributed by atoms with Crippen LogP contribution in [-0.4, -0.2) is 17.3 Å². The van der Waals surface area contributed by atoms with Gasteiger partial charge in [0, 0.05) is 6.42 Å². The summed E-state index contributed by atoms with van der Waals surface area (Å²) in [6, 6.07) is 4.35. The Hall–Kier alpha value is -1.59. The van der Waals surface area contributed by atoms with Gasteiger partial charge >= 0.3 is 12.1 Å². The second-order valence-corrected chi connectivity index (χ2v) is 5.67. The summed E-state index contributed by atoms with van der Waals surface area (Å²) in [5.41, 5.74) is 0.0854. The second kappa shape index (κ2) is 9.53. The van der Waals surface area contributed by atoms with E-state index in [1.807, 2.05) is 0 Å². The molecule has 0 saturated heterocycles. The Labute approximate surface area is 133 Å². The maximum absolute atomic E-state index is 13.9. The number of alkyl halides is 3. The largest absolute Gasteiger partial charge is 0.478 e. The van der Waals surface area contributed by atoms with Crippen molar-refractivity contribution in [2.45, 2.75) is 64.0 Å². The highest BCUT2D eigenvalue weighted by Gasteiger charge is 2.25. The number of hydrogen-bond acceptors (Lipinski definition) is 1. The number of halogens is 4. The van der Waals surface area contributed by atoms with Crippen molar-refractivity contribution in [3.63, 3.8) is 0 Å². The van der Waals surface area contributed by atoms with Crippen molar-refractivity contribution in [1.29, 1.82) is 0 Å². The highest BCUT2D eigenvalue weighted by Crippen LogP contribution is 2.23. The van der Waals surface area contributed by atoms with Crippen LogP contribution in [0.1, 0.15) is 67.3 Å². The lowest BCUT2D eigenvalue weighted by molar-refractivity contribution is -0.135. The molecule has 0 atom stereocenters. The standard InChI is InChI=1S/C17H22F4O2/c18-15-13(10-8-11-14(15)16(22)23)9-6-4-2-1-3-5-7-12-17(19,20)21/h8,10-11H,1-7,9,12H2,(H,22,23). The Morgan fingerprint density at radius 1 is 0.957 bits per heavy atom. The lowest BCUT2D eigenvalue weighted by atomic mass is 10.0. The van der Waals surface area contributed by atoms with Gasteiger partial charge in [0.1, 0.15) is 5.82 Å². The zero-order valence-corrected chi connectivity index (χ0v) is 13.0. The third kappa shape index (κ3) is 8.00. The van der Waals surface area contributed by atoms with Crippen LogP contribution >= 0.6 is 0 Å². The van der Waals surface area contributed by atoms with Gasteiger partial charge in [0.15, 0.2) is 0 Å². The van der Waals surface area contributed by atoms with E-state index >= 15 is 0 Å². The van der Waals surface area contributed by atoms with Crippen molar-refractivity contribution in [1.82, 2.24) is 0 Å². The van der Waals surface area contributed by atoms with Crippen LogP contribution in [0.3, 0.4) is 0 Å². The molecule has 0 aliphatic carbocycles. The minimum atomic E-state index is -4.06. The second-order valence-electron chi connectivity index (χ2n) is 5.67. The van der Waals surface area contributed by atoms with Crippen molar-refractivity contribution in [2.24, 2.45) is 0 Å². The van der Waals surface area contributed by atoms with Gasteiger partial charge in [-0.25, -0.2) is 9.18 Å². The summed E-state index contributed by atoms with van der Waals surface area (Å²) in [5.74, 6) is -1.95. The molecule has 1 N–H and O–H groups in total. The van der Waals surface area contributed by atoms with Crippen LogP contribution in [0.15, 0.2) is 18.2 Å². The van der Waals surface area contributed by atoms with Crippen LogP contribution in [0.2, 0.25) is 0 Å². The lowest BCUT2D eigenvalue weighted by Crippen LogP contribution is -2.06. The first-order valence-electron chi connectivity index (χ1n) is 7.88. The minimum absolute atomic E-state index is 0.177. The summed E-state index contributed by atoms with van der Waals surface area (Å²) in [6.45, 7) is 0. The highest BCUT2D eigenvalue weighted by molar-refractivity contribution is 5.88. The average molecular weight is 334 g/mol. The fourth-order valence-electron chi connectivity index (χ4n) is 2.46. The number of benzene rings is 1. The van der Waals surface area contributed by atoms with Gasteiger partial charge in [-0.05, 0) is 30.9 Å². The number of hydrogen-bond donors (Lipinski definition) is 1. The van der Waals surface area contributed by atoms with E-state index in [1.54, 1.807) is 6.07 Å². The average Bonchev–Trinajstić information content (AvgIpc) is 2.45. The van der Waals surface area contributed by atoms with E-state index in [0.717, 1.165) is 32.1 Å². The number of carbonyl (C=O) groups is 1. The maximum Gasteiger partial charge on any atom is 0.389 e. The van der Waals surface area contributed by atoms with Gasteiger partial charge in [-0.3, -0.25) is 0 Å². The Bertz CT molecular complexity index is 498. The van der Waals surface area contributed by atoms with Crippen LogP contribution in [0.4, 0.5) is 17.6 Å². The first kappa shape index (κ1) is 19.5. The summed E-state index contributed by atoms with van der Waals surface area (Å²) >= 11 is 0. The highest BCUT2D eigenvalue weighted by atomic mass is 19.4. The van der Waals surface area contributed by atoms with Crippen molar-refractivity contribution in [3.8, 4) is 0 Å². The molecule has 130 valence electrons. The van der Waals surface area contributed by atoms with Crippen LogP contribution in [0.25, 0.3) is 0 Å². The Morgan fingerprint density at radius 3 is 2.09 bits per heavy atom. The van der Waals surface area contributed by atoms with Gasteiger partial charge in [0.25, 0.3) is 0 Å². The summed E-state index contributed by atoms with van der Waals surface area (Å²) < 4.78 is 49.7. The first-order valence-corrected chi connectivity index (χ1v) is 7.88. The molecule has 2 nitrogen and oxygen atoms in total. The van der Waals surface area contributed by atoms with Gasteiger partial charge < -0.3 is 5.11 Å². The number of carboxylic acids is 1. The Kier molecular flexibility index (Phi) is 8.06. The van der Waals surface area contributed by atoms with E-state index in [4.69, 9.17) is 5.11 Å². The molecule has 1 aromatic carbocycles. The van der Waals surface area contributed by atoms with E-state index in [2.05, 4.69) is 0 Å². The predicted molar refractivity (Wildman–Crippen MR) is 80.1 cm³/mol. The fraction of sp³-hybridized carbons (Fsp3) is 0.588.